The van der Waals surface area contributed by atoms with Crippen LogP contribution in [-0.2, 0) is 7.05 Å². The van der Waals surface area contributed by atoms with Gasteiger partial charge in [-0.05, 0) is 17.1 Å². The lowest BCUT2D eigenvalue weighted by Gasteiger charge is -1.95. The van der Waals surface area contributed by atoms with Gasteiger partial charge in [-0.3, -0.25) is 5.43 Å². The van der Waals surface area contributed by atoms with Crippen LogP contribution in [0.2, 0.25) is 0 Å². The minimum Gasteiger partial charge on any atom is -0.390 e. The molecule has 0 atom stereocenters. The molecule has 1 heterocycles. The third kappa shape index (κ3) is 2.71. The Labute approximate surface area is 89.9 Å². The Balaban J connectivity index is 2.83. The molecule has 1 aromatic rings. The summed E-state index contributed by atoms with van der Waals surface area (Å²) in [6.45, 7) is 0. The molecule has 1 rings (SSSR count). The smallest absolute Gasteiger partial charge is 0.390 e. The van der Waals surface area contributed by atoms with Crippen LogP contribution in [0.15, 0.2) is 11.3 Å². The number of hydrogen-bond donors (Lipinski definition) is 2. The van der Waals surface area contributed by atoms with Crippen molar-refractivity contribution in [2.45, 2.75) is 0 Å². The molecule has 0 aliphatic rings. The summed E-state index contributed by atoms with van der Waals surface area (Å²) in [4.78, 5) is 13.4. The molecule has 0 saturated heterocycles. The van der Waals surface area contributed by atoms with Crippen LogP contribution in [0.1, 0.15) is 5.69 Å². The Morgan fingerprint density at radius 2 is 2.60 bits per heavy atom. The minimum atomic E-state index is -0.585. The largest absolute Gasteiger partial charge is 0.434 e. The van der Waals surface area contributed by atoms with Gasteiger partial charge in [0.25, 0.3) is 0 Å². The van der Waals surface area contributed by atoms with Crippen molar-refractivity contribution in [3.05, 3.63) is 22.0 Å². The van der Waals surface area contributed by atoms with E-state index in [0.29, 0.717) is 5.69 Å². The maximum atomic E-state index is 10.4. The zero-order valence-electron chi connectivity index (χ0n) is 7.75. The molecule has 0 aromatic carbocycles. The summed E-state index contributed by atoms with van der Waals surface area (Å²) in [7, 11) is 1.51. The summed E-state index contributed by atoms with van der Waals surface area (Å²) in [6.07, 6.45) is 2.65. The molecule has 0 unspecified atom stereocenters. The lowest BCUT2D eigenvalue weighted by Crippen LogP contribution is -2.24. The van der Waals surface area contributed by atoms with E-state index in [2.05, 4.69) is 27.7 Å². The first kappa shape index (κ1) is 11.0. The van der Waals surface area contributed by atoms with E-state index in [1.54, 1.807) is 0 Å². The molecule has 80 valence electrons. The van der Waals surface area contributed by atoms with Crippen LogP contribution in [0.25, 0.3) is 0 Å². The molecule has 15 heavy (non-hydrogen) atoms. The van der Waals surface area contributed by atoms with Crippen molar-refractivity contribution in [1.29, 1.82) is 0 Å². The van der Waals surface area contributed by atoms with E-state index in [1.165, 1.54) is 24.0 Å². The number of nitrogens with one attached hydrogen (secondary N) is 1. The summed E-state index contributed by atoms with van der Waals surface area (Å²) in [5.41, 5.74) is 7.91. The summed E-state index contributed by atoms with van der Waals surface area (Å²) >= 11 is 4.51. The molecule has 0 aliphatic carbocycles. The Hall–Kier alpha value is -2.03. The molecular weight excluding hydrogens is 220 g/mol. The zero-order valence-corrected chi connectivity index (χ0v) is 8.56. The summed E-state index contributed by atoms with van der Waals surface area (Å²) in [6, 6.07) is 0. The molecule has 0 bridgehead atoms. The molecule has 0 amide bonds. The van der Waals surface area contributed by atoms with Crippen molar-refractivity contribution in [2.75, 3.05) is 0 Å². The highest BCUT2D eigenvalue weighted by Crippen LogP contribution is 2.08. The Bertz CT molecular complexity index is 425. The van der Waals surface area contributed by atoms with E-state index in [-0.39, 0.29) is 11.1 Å². The third-order valence-corrected chi connectivity index (χ3v) is 1.63. The van der Waals surface area contributed by atoms with Crippen molar-refractivity contribution in [3.8, 4) is 0 Å². The fourth-order valence-electron chi connectivity index (χ4n) is 0.864. The van der Waals surface area contributed by atoms with Gasteiger partial charge in [0.05, 0.1) is 13.3 Å². The monoisotopic (exact) mass is 228 g/mol. The maximum Gasteiger partial charge on any atom is 0.434 e. The predicted octanol–water partition coefficient (Wildman–Crippen LogP) is -0.505. The predicted molar refractivity (Wildman–Crippen MR) is 57.4 cm³/mol. The van der Waals surface area contributed by atoms with E-state index in [9.17, 15) is 10.1 Å². The number of nitrogens with two attached hydrogens (primary N) is 1. The van der Waals surface area contributed by atoms with Crippen molar-refractivity contribution in [1.82, 2.24) is 15.0 Å². The normalized spacial score (nSPS) is 10.5. The SMILES string of the molecule is Cn1c(/C=N/NC(N)=S)cnc1[N+](=O)[O-]. The van der Waals surface area contributed by atoms with Gasteiger partial charge in [-0.1, -0.05) is 4.98 Å². The summed E-state index contributed by atoms with van der Waals surface area (Å²) in [5, 5.41) is 14.1. The van der Waals surface area contributed by atoms with E-state index in [1.807, 2.05) is 0 Å². The number of hydrazone groups is 1. The van der Waals surface area contributed by atoms with Crippen LogP contribution < -0.4 is 11.2 Å². The second-order valence-electron chi connectivity index (χ2n) is 2.53. The van der Waals surface area contributed by atoms with Gasteiger partial charge < -0.3 is 15.8 Å². The van der Waals surface area contributed by atoms with Crippen molar-refractivity contribution in [2.24, 2.45) is 17.9 Å². The fourth-order valence-corrected chi connectivity index (χ4v) is 0.917. The van der Waals surface area contributed by atoms with Crippen LogP contribution in [0, 0.1) is 10.1 Å². The molecule has 0 radical (unpaired) electrons. The van der Waals surface area contributed by atoms with Gasteiger partial charge in [-0.15, -0.1) is 0 Å². The average Bonchev–Trinajstić information content (AvgIpc) is 2.47. The van der Waals surface area contributed by atoms with E-state index in [0.717, 1.165) is 0 Å². The Morgan fingerprint density at radius 3 is 3.07 bits per heavy atom. The number of hydrogen-bond acceptors (Lipinski definition) is 5. The molecule has 0 spiro atoms. The second kappa shape index (κ2) is 4.46. The topological polar surface area (TPSA) is 111 Å². The van der Waals surface area contributed by atoms with Crippen LogP contribution in [0.5, 0.6) is 0 Å². The van der Waals surface area contributed by atoms with Gasteiger partial charge in [0, 0.05) is 0 Å². The van der Waals surface area contributed by atoms with E-state index >= 15 is 0 Å². The van der Waals surface area contributed by atoms with Gasteiger partial charge >= 0.3 is 5.95 Å². The van der Waals surface area contributed by atoms with E-state index < -0.39 is 4.92 Å². The number of thiocarbonyl (C=S) groups is 1. The van der Waals surface area contributed by atoms with Crippen molar-refractivity contribution in [3.63, 3.8) is 0 Å². The van der Waals surface area contributed by atoms with Gasteiger partial charge in [0.2, 0.25) is 0 Å². The van der Waals surface area contributed by atoms with Crippen LogP contribution in [0.3, 0.4) is 0 Å². The lowest BCUT2D eigenvalue weighted by atomic mass is 10.5. The van der Waals surface area contributed by atoms with Crippen LogP contribution in [-0.4, -0.2) is 25.8 Å². The highest BCUT2D eigenvalue weighted by molar-refractivity contribution is 7.80. The van der Waals surface area contributed by atoms with Gasteiger partial charge in [-0.2, -0.15) is 5.10 Å². The number of aromatic nitrogens is 2. The summed E-state index contributed by atoms with van der Waals surface area (Å²) in [5.74, 6) is -0.258. The Morgan fingerprint density at radius 1 is 1.93 bits per heavy atom. The van der Waals surface area contributed by atoms with Crippen LogP contribution >= 0.6 is 12.2 Å². The van der Waals surface area contributed by atoms with Gasteiger partial charge in [0.15, 0.2) is 10.8 Å². The van der Waals surface area contributed by atoms with Crippen molar-refractivity contribution >= 4 is 29.5 Å². The molecule has 8 nitrogen and oxygen atoms in total. The lowest BCUT2D eigenvalue weighted by molar-refractivity contribution is -0.396. The van der Waals surface area contributed by atoms with Gasteiger partial charge in [-0.25, -0.2) is 4.57 Å². The second-order valence-corrected chi connectivity index (χ2v) is 2.97. The number of nitro groups is 1. The number of nitrogens with zero attached hydrogens (tertiary/aromatic N) is 4. The molecule has 3 N–H and O–H groups in total. The maximum absolute atomic E-state index is 10.4. The first-order chi connectivity index (χ1) is 7.02. The number of imidazole rings is 1. The van der Waals surface area contributed by atoms with Crippen LogP contribution in [0.4, 0.5) is 5.95 Å². The zero-order chi connectivity index (χ0) is 11.4. The van der Waals surface area contributed by atoms with Crippen molar-refractivity contribution < 1.29 is 4.92 Å². The molecular formula is C6H8N6O2S. The minimum absolute atomic E-state index is 0.0166. The highest BCUT2D eigenvalue weighted by Gasteiger charge is 2.15. The summed E-state index contributed by atoms with van der Waals surface area (Å²) < 4.78 is 1.28. The molecule has 0 saturated carbocycles. The Kier molecular flexibility index (Phi) is 3.29. The molecule has 1 aromatic heterocycles. The first-order valence-electron chi connectivity index (χ1n) is 3.77. The third-order valence-electron chi connectivity index (χ3n) is 1.53. The average molecular weight is 228 g/mol. The quantitative estimate of drug-likeness (QED) is 0.312. The first-order valence-corrected chi connectivity index (χ1v) is 4.18. The number of rotatable bonds is 3. The standard InChI is InChI=1S/C6H8N6O2S/c1-11-4(3-9-10-5(7)15)2-8-6(11)12(13)14/h2-3H,1H3,(H3,7,10,15)/b9-3+. The fraction of sp³-hybridized carbons (Fsp3) is 0.167. The molecule has 0 aliphatic heterocycles. The van der Waals surface area contributed by atoms with Gasteiger partial charge in [0.1, 0.15) is 6.20 Å². The highest BCUT2D eigenvalue weighted by atomic mass is 32.1. The van der Waals surface area contributed by atoms with E-state index in [4.69, 9.17) is 5.73 Å². The molecule has 0 fully saturated rings. The molecule has 9 heteroatoms.